The molecule has 0 fully saturated rings. The lowest BCUT2D eigenvalue weighted by atomic mass is 10.0. The van der Waals surface area contributed by atoms with Gasteiger partial charge in [0.15, 0.2) is 0 Å². The van der Waals surface area contributed by atoms with Crippen LogP contribution in [0.15, 0.2) is 59.3 Å². The van der Waals surface area contributed by atoms with E-state index >= 15 is 0 Å². The molecular weight excluding hydrogens is 643 g/mol. The van der Waals surface area contributed by atoms with Crippen molar-refractivity contribution < 1.29 is 28.7 Å². The SMILES string of the molecule is CCOC(=O)c1c(-c2ccc(Cl)cc2)csc1NC(=O)CCCCC(=O)Nc1scc(-c2ccc(Cl)cc2)c1C(=O)OCC. The predicted molar refractivity (Wildman–Crippen MR) is 177 cm³/mol. The van der Waals surface area contributed by atoms with Gasteiger partial charge in [-0.1, -0.05) is 47.5 Å². The minimum Gasteiger partial charge on any atom is -0.462 e. The third kappa shape index (κ3) is 8.47. The number of carbonyl (C=O) groups is 4. The summed E-state index contributed by atoms with van der Waals surface area (Å²) < 4.78 is 10.5. The highest BCUT2D eigenvalue weighted by Crippen LogP contribution is 2.38. The standard InChI is InChI=1S/C32H30Cl2N2O6S2/c1-3-41-31(39)27-23(19-9-13-21(33)14-10-19)17-43-29(27)35-25(37)7-5-6-8-26(38)36-30-28(32(40)42-4-2)24(18-44-30)20-11-15-22(34)16-12-20/h9-18H,3-8H2,1-2H3,(H,35,37)(H,36,38). The molecule has 0 atom stereocenters. The number of esters is 2. The van der Waals surface area contributed by atoms with Gasteiger partial charge in [-0.2, -0.15) is 0 Å². The van der Waals surface area contributed by atoms with Crippen LogP contribution in [0.3, 0.4) is 0 Å². The van der Waals surface area contributed by atoms with E-state index in [-0.39, 0.29) is 37.9 Å². The molecule has 4 rings (SSSR count). The average molecular weight is 674 g/mol. The smallest absolute Gasteiger partial charge is 0.341 e. The molecule has 0 saturated carbocycles. The number of carbonyl (C=O) groups excluding carboxylic acids is 4. The number of anilines is 2. The van der Waals surface area contributed by atoms with E-state index in [4.69, 9.17) is 32.7 Å². The highest BCUT2D eigenvalue weighted by Gasteiger charge is 2.24. The number of halogens is 2. The fourth-order valence-electron chi connectivity index (χ4n) is 4.34. The summed E-state index contributed by atoms with van der Waals surface area (Å²) >= 11 is 14.5. The highest BCUT2D eigenvalue weighted by molar-refractivity contribution is 7.15. The summed E-state index contributed by atoms with van der Waals surface area (Å²) in [5.74, 6) is -1.62. The first kappa shape index (κ1) is 33.2. The minimum absolute atomic E-state index is 0.150. The zero-order valence-corrected chi connectivity index (χ0v) is 27.2. The Balaban J connectivity index is 1.35. The lowest BCUT2D eigenvalue weighted by Crippen LogP contribution is -2.16. The van der Waals surface area contributed by atoms with Gasteiger partial charge in [-0.15, -0.1) is 22.7 Å². The van der Waals surface area contributed by atoms with E-state index in [1.165, 1.54) is 22.7 Å². The minimum atomic E-state index is -0.527. The van der Waals surface area contributed by atoms with E-state index in [2.05, 4.69) is 10.6 Å². The summed E-state index contributed by atoms with van der Waals surface area (Å²) in [5.41, 5.74) is 3.42. The van der Waals surface area contributed by atoms with E-state index in [1.54, 1.807) is 73.1 Å². The van der Waals surface area contributed by atoms with Crippen LogP contribution in [0.1, 0.15) is 60.2 Å². The van der Waals surface area contributed by atoms with Crippen molar-refractivity contribution in [3.63, 3.8) is 0 Å². The Bertz CT molecular complexity index is 1510. The van der Waals surface area contributed by atoms with Crippen LogP contribution < -0.4 is 10.6 Å². The molecule has 12 heteroatoms. The Morgan fingerprint density at radius 3 is 1.34 bits per heavy atom. The number of rotatable bonds is 13. The third-order valence-electron chi connectivity index (χ3n) is 6.42. The van der Waals surface area contributed by atoms with Gasteiger partial charge in [-0.3, -0.25) is 9.59 Å². The van der Waals surface area contributed by atoms with Gasteiger partial charge in [-0.25, -0.2) is 9.59 Å². The second-order valence-corrected chi connectivity index (χ2v) is 12.1. The number of hydrogen-bond donors (Lipinski definition) is 2. The van der Waals surface area contributed by atoms with Crippen LogP contribution in [0.25, 0.3) is 22.3 Å². The molecule has 0 bridgehead atoms. The maximum Gasteiger partial charge on any atom is 0.341 e. The van der Waals surface area contributed by atoms with E-state index < -0.39 is 11.9 Å². The van der Waals surface area contributed by atoms with Crippen LogP contribution in [0, 0.1) is 0 Å². The van der Waals surface area contributed by atoms with Gasteiger partial charge in [0, 0.05) is 44.8 Å². The zero-order valence-electron chi connectivity index (χ0n) is 24.0. The van der Waals surface area contributed by atoms with E-state index in [0.717, 1.165) is 11.1 Å². The van der Waals surface area contributed by atoms with Crippen LogP contribution in [0.5, 0.6) is 0 Å². The van der Waals surface area contributed by atoms with Crippen LogP contribution >= 0.6 is 45.9 Å². The predicted octanol–water partition coefficient (Wildman–Crippen LogP) is 8.94. The summed E-state index contributed by atoms with van der Waals surface area (Å²) in [7, 11) is 0. The Hall–Kier alpha value is -3.70. The average Bonchev–Trinajstić information content (AvgIpc) is 3.61. The van der Waals surface area contributed by atoms with Gasteiger partial charge in [0.25, 0.3) is 0 Å². The molecule has 44 heavy (non-hydrogen) atoms. The lowest BCUT2D eigenvalue weighted by molar-refractivity contribution is -0.118. The monoisotopic (exact) mass is 672 g/mol. The van der Waals surface area contributed by atoms with Crippen LogP contribution in [-0.4, -0.2) is 37.0 Å². The maximum atomic E-state index is 12.8. The van der Waals surface area contributed by atoms with Crippen molar-refractivity contribution in [2.75, 3.05) is 23.8 Å². The number of ether oxygens (including phenoxy) is 2. The molecule has 0 aliphatic carbocycles. The highest BCUT2D eigenvalue weighted by atomic mass is 35.5. The number of hydrogen-bond acceptors (Lipinski definition) is 8. The molecule has 2 amide bonds. The molecule has 0 unspecified atom stereocenters. The molecule has 230 valence electrons. The van der Waals surface area contributed by atoms with Crippen molar-refractivity contribution >= 4 is 79.6 Å². The largest absolute Gasteiger partial charge is 0.462 e. The summed E-state index contributed by atoms with van der Waals surface area (Å²) in [5, 5.41) is 11.2. The normalized spacial score (nSPS) is 10.7. The quantitative estimate of drug-likeness (QED) is 0.108. The van der Waals surface area contributed by atoms with Crippen molar-refractivity contribution in [2.24, 2.45) is 0 Å². The molecular formula is C32H30Cl2N2O6S2. The van der Waals surface area contributed by atoms with Gasteiger partial charge in [-0.05, 0) is 62.1 Å². The lowest BCUT2D eigenvalue weighted by Gasteiger charge is -2.10. The Morgan fingerprint density at radius 1 is 0.636 bits per heavy atom. The van der Waals surface area contributed by atoms with Crippen molar-refractivity contribution in [3.8, 4) is 22.3 Å². The van der Waals surface area contributed by atoms with Crippen LogP contribution in [0.2, 0.25) is 10.0 Å². The first-order chi connectivity index (χ1) is 21.2. The fraction of sp³-hybridized carbons (Fsp3) is 0.250. The van der Waals surface area contributed by atoms with Crippen LogP contribution in [-0.2, 0) is 19.1 Å². The number of benzene rings is 2. The topological polar surface area (TPSA) is 111 Å². The van der Waals surface area contributed by atoms with Crippen molar-refractivity contribution in [1.82, 2.24) is 0 Å². The van der Waals surface area contributed by atoms with Crippen molar-refractivity contribution in [1.29, 1.82) is 0 Å². The van der Waals surface area contributed by atoms with Gasteiger partial charge >= 0.3 is 11.9 Å². The molecule has 2 aromatic heterocycles. The van der Waals surface area contributed by atoms with Gasteiger partial charge in [0.1, 0.15) is 21.1 Å². The van der Waals surface area contributed by atoms with Gasteiger partial charge < -0.3 is 20.1 Å². The molecule has 8 nitrogen and oxygen atoms in total. The first-order valence-corrected chi connectivity index (χ1v) is 16.4. The summed E-state index contributed by atoms with van der Waals surface area (Å²) in [6.07, 6.45) is 1.18. The molecule has 0 saturated heterocycles. The van der Waals surface area contributed by atoms with Crippen LogP contribution in [0.4, 0.5) is 10.0 Å². The summed E-state index contributed by atoms with van der Waals surface area (Å²) in [6, 6.07) is 14.1. The first-order valence-electron chi connectivity index (χ1n) is 13.9. The third-order valence-corrected chi connectivity index (χ3v) is 8.71. The second-order valence-electron chi connectivity index (χ2n) is 9.47. The van der Waals surface area contributed by atoms with E-state index in [9.17, 15) is 19.2 Å². The van der Waals surface area contributed by atoms with Crippen molar-refractivity contribution in [2.45, 2.75) is 39.5 Å². The molecule has 0 spiro atoms. The molecule has 0 aliphatic rings. The molecule has 0 aliphatic heterocycles. The Morgan fingerprint density at radius 2 is 1.00 bits per heavy atom. The van der Waals surface area contributed by atoms with Gasteiger partial charge in [0.2, 0.25) is 11.8 Å². The Labute approximate surface area is 273 Å². The second kappa shape index (κ2) is 15.9. The number of unbranched alkanes of at least 4 members (excludes halogenated alkanes) is 1. The van der Waals surface area contributed by atoms with E-state index in [1.807, 2.05) is 0 Å². The summed E-state index contributed by atoms with van der Waals surface area (Å²) in [4.78, 5) is 51.1. The Kier molecular flexibility index (Phi) is 12.0. The molecule has 2 aromatic carbocycles. The maximum absolute atomic E-state index is 12.8. The fourth-order valence-corrected chi connectivity index (χ4v) is 6.54. The molecule has 0 radical (unpaired) electrons. The number of amides is 2. The number of nitrogens with one attached hydrogen (secondary N) is 2. The van der Waals surface area contributed by atoms with Gasteiger partial charge in [0.05, 0.1) is 13.2 Å². The molecule has 4 aromatic rings. The number of thiophene rings is 2. The molecule has 2 heterocycles. The van der Waals surface area contributed by atoms with E-state index in [0.29, 0.717) is 55.1 Å². The molecule has 2 N–H and O–H groups in total. The zero-order chi connectivity index (χ0) is 31.6. The van der Waals surface area contributed by atoms with Crippen molar-refractivity contribution in [3.05, 3.63) is 80.5 Å². The summed E-state index contributed by atoms with van der Waals surface area (Å²) in [6.45, 7) is 3.82.